The van der Waals surface area contributed by atoms with Crippen molar-refractivity contribution in [3.05, 3.63) is 34.9 Å². The summed E-state index contributed by atoms with van der Waals surface area (Å²) in [4.78, 5) is 12.0. The quantitative estimate of drug-likeness (QED) is 0.814. The van der Waals surface area contributed by atoms with E-state index in [4.69, 9.17) is 4.74 Å². The highest BCUT2D eigenvalue weighted by molar-refractivity contribution is 5.82. The van der Waals surface area contributed by atoms with Gasteiger partial charge in [0, 0.05) is 0 Å². The van der Waals surface area contributed by atoms with Crippen molar-refractivity contribution in [2.45, 2.75) is 33.2 Å². The normalized spacial score (nSPS) is 14.2. The summed E-state index contributed by atoms with van der Waals surface area (Å²) in [5.41, 5.74) is 2.54. The van der Waals surface area contributed by atoms with Crippen LogP contribution in [0.4, 0.5) is 0 Å². The van der Waals surface area contributed by atoms with Gasteiger partial charge in [0.15, 0.2) is 0 Å². The van der Waals surface area contributed by atoms with E-state index in [0.29, 0.717) is 6.61 Å². The number of likely N-dealkylation sites (N-methyl/N-ethyl adjacent to an activating group) is 1. The molecule has 0 aliphatic carbocycles. The second-order valence-electron chi connectivity index (χ2n) is 4.39. The van der Waals surface area contributed by atoms with Crippen LogP contribution in [0.25, 0.3) is 0 Å². The highest BCUT2D eigenvalue weighted by Crippen LogP contribution is 2.24. The van der Waals surface area contributed by atoms with E-state index in [1.807, 2.05) is 39.0 Å². The zero-order chi connectivity index (χ0) is 13.1. The van der Waals surface area contributed by atoms with Crippen LogP contribution in [0, 0.1) is 13.8 Å². The molecule has 0 aliphatic heterocycles. The molecular weight excluding hydrogens is 214 g/mol. The molecule has 17 heavy (non-hydrogen) atoms. The maximum atomic E-state index is 12.0. The van der Waals surface area contributed by atoms with E-state index in [1.165, 1.54) is 11.1 Å². The van der Waals surface area contributed by atoms with Gasteiger partial charge in [-0.2, -0.15) is 0 Å². The fourth-order valence-corrected chi connectivity index (χ4v) is 1.69. The van der Waals surface area contributed by atoms with Crippen LogP contribution in [0.15, 0.2) is 18.2 Å². The maximum Gasteiger partial charge on any atom is 0.330 e. The molecule has 0 radical (unpaired) electrons. The van der Waals surface area contributed by atoms with Crippen LogP contribution < -0.4 is 5.32 Å². The highest BCUT2D eigenvalue weighted by Gasteiger charge is 2.35. The Bertz CT molecular complexity index is 415. The Labute approximate surface area is 103 Å². The number of hydrogen-bond acceptors (Lipinski definition) is 3. The summed E-state index contributed by atoms with van der Waals surface area (Å²) in [7, 11) is 1.77. The summed E-state index contributed by atoms with van der Waals surface area (Å²) in [6.45, 7) is 8.14. The molecule has 0 saturated carbocycles. The molecule has 3 nitrogen and oxygen atoms in total. The second kappa shape index (κ2) is 5.32. The minimum absolute atomic E-state index is 0.245. The molecule has 0 spiro atoms. The molecule has 0 amide bonds. The predicted molar refractivity (Wildman–Crippen MR) is 69.0 cm³/mol. The predicted octanol–water partition coefficient (Wildman–Crippen LogP) is 2.30. The van der Waals surface area contributed by atoms with Gasteiger partial charge < -0.3 is 10.1 Å². The van der Waals surface area contributed by atoms with E-state index in [-0.39, 0.29) is 5.97 Å². The lowest BCUT2D eigenvalue weighted by molar-refractivity contribution is -0.150. The number of benzene rings is 1. The molecule has 0 aromatic heterocycles. The largest absolute Gasteiger partial charge is 0.464 e. The third kappa shape index (κ3) is 2.67. The first-order valence-electron chi connectivity index (χ1n) is 5.89. The Morgan fingerprint density at radius 2 is 2.00 bits per heavy atom. The van der Waals surface area contributed by atoms with Gasteiger partial charge in [-0.25, -0.2) is 4.79 Å². The van der Waals surface area contributed by atoms with Crippen LogP contribution in [0.1, 0.15) is 30.5 Å². The van der Waals surface area contributed by atoms with E-state index in [0.717, 1.165) is 5.56 Å². The number of rotatable bonds is 4. The van der Waals surface area contributed by atoms with E-state index >= 15 is 0 Å². The first-order chi connectivity index (χ1) is 7.95. The zero-order valence-electron chi connectivity index (χ0n) is 11.3. The van der Waals surface area contributed by atoms with Crippen molar-refractivity contribution in [3.63, 3.8) is 0 Å². The topological polar surface area (TPSA) is 38.3 Å². The minimum atomic E-state index is -0.783. The monoisotopic (exact) mass is 235 g/mol. The third-order valence-electron chi connectivity index (χ3n) is 3.27. The Morgan fingerprint density at radius 3 is 2.47 bits per heavy atom. The Morgan fingerprint density at radius 1 is 1.35 bits per heavy atom. The van der Waals surface area contributed by atoms with Crippen LogP contribution in [0.3, 0.4) is 0 Å². The van der Waals surface area contributed by atoms with Crippen LogP contribution in [-0.2, 0) is 15.1 Å². The second-order valence-corrected chi connectivity index (χ2v) is 4.39. The van der Waals surface area contributed by atoms with Gasteiger partial charge >= 0.3 is 5.97 Å². The smallest absolute Gasteiger partial charge is 0.330 e. The van der Waals surface area contributed by atoms with Gasteiger partial charge in [-0.15, -0.1) is 0 Å². The molecular formula is C14H21NO2. The number of ether oxygens (including phenoxy) is 1. The number of esters is 1. The molecule has 1 N–H and O–H groups in total. The molecule has 0 fully saturated rings. The Hall–Kier alpha value is -1.35. The van der Waals surface area contributed by atoms with Gasteiger partial charge in [0.05, 0.1) is 6.61 Å². The molecule has 1 aromatic rings. The van der Waals surface area contributed by atoms with Gasteiger partial charge in [0.1, 0.15) is 5.54 Å². The molecule has 0 bridgehead atoms. The number of hydrogen-bond donors (Lipinski definition) is 1. The lowest BCUT2D eigenvalue weighted by Crippen LogP contribution is -2.45. The first-order valence-corrected chi connectivity index (χ1v) is 5.89. The number of carbonyl (C=O) groups excluding carboxylic acids is 1. The van der Waals surface area contributed by atoms with Crippen molar-refractivity contribution < 1.29 is 9.53 Å². The van der Waals surface area contributed by atoms with Crippen molar-refractivity contribution >= 4 is 5.97 Å². The van der Waals surface area contributed by atoms with Crippen molar-refractivity contribution in [1.29, 1.82) is 0 Å². The SMILES string of the molecule is CCOC(=O)C(C)(NC)c1ccc(C)c(C)c1. The Balaban J connectivity index is 3.15. The lowest BCUT2D eigenvalue weighted by atomic mass is 9.90. The fourth-order valence-electron chi connectivity index (χ4n) is 1.69. The summed E-state index contributed by atoms with van der Waals surface area (Å²) in [5.74, 6) is -0.245. The van der Waals surface area contributed by atoms with Gasteiger partial charge in [-0.05, 0) is 51.4 Å². The minimum Gasteiger partial charge on any atom is -0.464 e. The Kier molecular flexibility index (Phi) is 4.29. The summed E-state index contributed by atoms with van der Waals surface area (Å²) in [5, 5.41) is 3.05. The number of aryl methyl sites for hydroxylation is 2. The summed E-state index contributed by atoms with van der Waals surface area (Å²) in [6.07, 6.45) is 0. The van der Waals surface area contributed by atoms with Crippen LogP contribution in [0.5, 0.6) is 0 Å². The average Bonchev–Trinajstić information content (AvgIpc) is 2.32. The van der Waals surface area contributed by atoms with Gasteiger partial charge in [-0.1, -0.05) is 18.2 Å². The van der Waals surface area contributed by atoms with Gasteiger partial charge in [-0.3, -0.25) is 0 Å². The summed E-state index contributed by atoms with van der Waals surface area (Å²) >= 11 is 0. The van der Waals surface area contributed by atoms with Crippen LogP contribution >= 0.6 is 0 Å². The van der Waals surface area contributed by atoms with Crippen LogP contribution in [-0.4, -0.2) is 19.6 Å². The molecule has 0 aliphatic rings. The lowest BCUT2D eigenvalue weighted by Gasteiger charge is -2.27. The number of nitrogens with one attached hydrogen (secondary N) is 1. The first kappa shape index (κ1) is 13.7. The molecule has 0 saturated heterocycles. The maximum absolute atomic E-state index is 12.0. The molecule has 1 rings (SSSR count). The standard InChI is InChI=1S/C14H21NO2/c1-6-17-13(16)14(4,15-5)12-8-7-10(2)11(3)9-12/h7-9,15H,6H2,1-5H3. The molecule has 94 valence electrons. The average molecular weight is 235 g/mol. The van der Waals surface area contributed by atoms with Crippen molar-refractivity contribution in [2.24, 2.45) is 0 Å². The third-order valence-corrected chi connectivity index (χ3v) is 3.27. The number of carbonyl (C=O) groups is 1. The van der Waals surface area contributed by atoms with Crippen molar-refractivity contribution in [3.8, 4) is 0 Å². The fraction of sp³-hybridized carbons (Fsp3) is 0.500. The van der Waals surface area contributed by atoms with E-state index < -0.39 is 5.54 Å². The molecule has 3 heteroatoms. The van der Waals surface area contributed by atoms with E-state index in [9.17, 15) is 4.79 Å². The van der Waals surface area contributed by atoms with Gasteiger partial charge in [0.25, 0.3) is 0 Å². The van der Waals surface area contributed by atoms with Crippen molar-refractivity contribution in [1.82, 2.24) is 5.32 Å². The van der Waals surface area contributed by atoms with Crippen molar-refractivity contribution in [2.75, 3.05) is 13.7 Å². The van der Waals surface area contributed by atoms with Crippen LogP contribution in [0.2, 0.25) is 0 Å². The summed E-state index contributed by atoms with van der Waals surface area (Å²) < 4.78 is 5.12. The molecule has 1 unspecified atom stereocenters. The van der Waals surface area contributed by atoms with E-state index in [2.05, 4.69) is 12.2 Å². The van der Waals surface area contributed by atoms with Gasteiger partial charge in [0.2, 0.25) is 0 Å². The highest BCUT2D eigenvalue weighted by atomic mass is 16.5. The molecule has 1 atom stereocenters. The zero-order valence-corrected chi connectivity index (χ0v) is 11.3. The van der Waals surface area contributed by atoms with E-state index in [1.54, 1.807) is 7.05 Å². The molecule has 1 aromatic carbocycles. The molecule has 0 heterocycles. The summed E-state index contributed by atoms with van der Waals surface area (Å²) in [6, 6.07) is 6.03.